The Morgan fingerprint density at radius 3 is 2.74 bits per heavy atom. The van der Waals surface area contributed by atoms with Crippen LogP contribution in [0.2, 0.25) is 0 Å². The molecule has 1 aromatic rings. The first-order valence-electron chi connectivity index (χ1n) is 6.18. The van der Waals surface area contributed by atoms with Gasteiger partial charge in [0.1, 0.15) is 5.75 Å². The highest BCUT2D eigenvalue weighted by molar-refractivity contribution is 5.31. The summed E-state index contributed by atoms with van der Waals surface area (Å²) in [5, 5.41) is 0. The number of hydrogen-bond donors (Lipinski definition) is 1. The Morgan fingerprint density at radius 2 is 2.11 bits per heavy atom. The fourth-order valence-electron chi connectivity index (χ4n) is 2.18. The van der Waals surface area contributed by atoms with Crippen molar-refractivity contribution in [2.45, 2.75) is 37.8 Å². The molecule has 2 N–H and O–H groups in total. The highest BCUT2D eigenvalue weighted by atomic mass is 19.4. The molecular formula is C13H16F3NO2. The van der Waals surface area contributed by atoms with Crippen molar-refractivity contribution in [1.29, 1.82) is 0 Å². The third-order valence-corrected chi connectivity index (χ3v) is 3.09. The molecule has 1 aliphatic heterocycles. The second-order valence-corrected chi connectivity index (χ2v) is 4.55. The third kappa shape index (κ3) is 4.11. The van der Waals surface area contributed by atoms with E-state index in [1.807, 2.05) is 0 Å². The quantitative estimate of drug-likeness (QED) is 0.921. The minimum atomic E-state index is -4.69. The van der Waals surface area contributed by atoms with Gasteiger partial charge in [0.15, 0.2) is 0 Å². The van der Waals surface area contributed by atoms with E-state index in [0.717, 1.165) is 19.3 Å². The van der Waals surface area contributed by atoms with Crippen molar-refractivity contribution < 1.29 is 22.6 Å². The van der Waals surface area contributed by atoms with Crippen LogP contribution in [0.25, 0.3) is 0 Å². The van der Waals surface area contributed by atoms with E-state index in [2.05, 4.69) is 4.74 Å². The van der Waals surface area contributed by atoms with Crippen molar-refractivity contribution in [3.63, 3.8) is 0 Å². The van der Waals surface area contributed by atoms with Crippen LogP contribution in [0.3, 0.4) is 0 Å². The smallest absolute Gasteiger partial charge is 0.406 e. The van der Waals surface area contributed by atoms with Crippen molar-refractivity contribution in [1.82, 2.24) is 0 Å². The lowest BCUT2D eigenvalue weighted by Gasteiger charge is -2.28. The Morgan fingerprint density at radius 1 is 1.32 bits per heavy atom. The molecule has 19 heavy (non-hydrogen) atoms. The van der Waals surface area contributed by atoms with Crippen molar-refractivity contribution in [3.05, 3.63) is 29.8 Å². The van der Waals surface area contributed by atoms with E-state index in [-0.39, 0.29) is 11.9 Å². The van der Waals surface area contributed by atoms with E-state index in [0.29, 0.717) is 12.2 Å². The number of hydrogen-bond acceptors (Lipinski definition) is 3. The third-order valence-electron chi connectivity index (χ3n) is 3.09. The van der Waals surface area contributed by atoms with Crippen LogP contribution in [-0.4, -0.2) is 19.1 Å². The van der Waals surface area contributed by atoms with Gasteiger partial charge in [0.05, 0.1) is 12.1 Å². The average molecular weight is 275 g/mol. The van der Waals surface area contributed by atoms with Gasteiger partial charge in [-0.2, -0.15) is 0 Å². The number of ether oxygens (including phenoxy) is 2. The Bertz CT molecular complexity index is 417. The minimum absolute atomic E-state index is 0.144. The molecule has 2 rings (SSSR count). The molecule has 3 nitrogen and oxygen atoms in total. The molecule has 0 aromatic heterocycles. The summed E-state index contributed by atoms with van der Waals surface area (Å²) in [5.74, 6) is -0.253. The van der Waals surface area contributed by atoms with Crippen molar-refractivity contribution in [2.24, 2.45) is 5.73 Å². The summed E-state index contributed by atoms with van der Waals surface area (Å²) in [4.78, 5) is 0. The monoisotopic (exact) mass is 275 g/mol. The van der Waals surface area contributed by atoms with Crippen molar-refractivity contribution in [3.8, 4) is 5.75 Å². The Kier molecular flexibility index (Phi) is 4.31. The van der Waals surface area contributed by atoms with Gasteiger partial charge in [-0.3, -0.25) is 0 Å². The summed E-state index contributed by atoms with van der Waals surface area (Å²) in [6.07, 6.45) is -1.98. The molecule has 1 heterocycles. The van der Waals surface area contributed by atoms with Gasteiger partial charge < -0.3 is 15.2 Å². The van der Waals surface area contributed by atoms with Gasteiger partial charge in [0, 0.05) is 6.61 Å². The van der Waals surface area contributed by atoms with Crippen LogP contribution in [0, 0.1) is 0 Å². The molecule has 2 unspecified atom stereocenters. The van der Waals surface area contributed by atoms with Crippen LogP contribution >= 0.6 is 0 Å². The Labute approximate surface area is 109 Å². The first-order valence-corrected chi connectivity index (χ1v) is 6.18. The summed E-state index contributed by atoms with van der Waals surface area (Å²) in [7, 11) is 0. The van der Waals surface area contributed by atoms with E-state index < -0.39 is 12.4 Å². The molecule has 0 aliphatic carbocycles. The van der Waals surface area contributed by atoms with Crippen LogP contribution in [-0.2, 0) is 4.74 Å². The zero-order valence-corrected chi connectivity index (χ0v) is 10.3. The minimum Gasteiger partial charge on any atom is -0.406 e. The molecule has 0 spiro atoms. The second-order valence-electron chi connectivity index (χ2n) is 4.55. The van der Waals surface area contributed by atoms with Crippen molar-refractivity contribution in [2.75, 3.05) is 6.61 Å². The molecule has 106 valence electrons. The standard InChI is InChI=1S/C13H16F3NO2/c14-13(15,16)19-10-5-3-4-9(8-10)12(17)11-6-1-2-7-18-11/h3-5,8,11-12H,1-2,6-7,17H2. The molecule has 6 heteroatoms. The number of rotatable bonds is 3. The van der Waals surface area contributed by atoms with Crippen molar-refractivity contribution >= 4 is 0 Å². The first-order chi connectivity index (χ1) is 8.96. The van der Waals surface area contributed by atoms with E-state index in [9.17, 15) is 13.2 Å². The molecule has 0 bridgehead atoms. The van der Waals surface area contributed by atoms with E-state index in [1.54, 1.807) is 6.07 Å². The van der Waals surface area contributed by atoms with Gasteiger partial charge in [-0.05, 0) is 37.0 Å². The van der Waals surface area contributed by atoms with Crippen LogP contribution in [0.1, 0.15) is 30.9 Å². The summed E-state index contributed by atoms with van der Waals surface area (Å²) in [5.41, 5.74) is 6.63. The molecule has 1 saturated heterocycles. The van der Waals surface area contributed by atoms with Gasteiger partial charge in [-0.25, -0.2) is 0 Å². The summed E-state index contributed by atoms with van der Waals surface area (Å²) < 4.78 is 45.9. The molecule has 0 radical (unpaired) electrons. The normalized spacial score (nSPS) is 22.0. The number of alkyl halides is 3. The largest absolute Gasteiger partial charge is 0.573 e. The lowest BCUT2D eigenvalue weighted by Crippen LogP contribution is -2.31. The molecular weight excluding hydrogens is 259 g/mol. The molecule has 0 amide bonds. The van der Waals surface area contributed by atoms with Crippen LogP contribution in [0.15, 0.2) is 24.3 Å². The predicted molar refractivity (Wildman–Crippen MR) is 63.6 cm³/mol. The molecule has 1 aliphatic rings. The maximum absolute atomic E-state index is 12.2. The lowest BCUT2D eigenvalue weighted by atomic mass is 9.96. The lowest BCUT2D eigenvalue weighted by molar-refractivity contribution is -0.274. The van der Waals surface area contributed by atoms with Crippen LogP contribution < -0.4 is 10.5 Å². The van der Waals surface area contributed by atoms with Gasteiger partial charge >= 0.3 is 6.36 Å². The SMILES string of the molecule is NC(c1cccc(OC(F)(F)F)c1)C1CCCCO1. The summed E-state index contributed by atoms with van der Waals surface area (Å²) in [6.45, 7) is 0.650. The topological polar surface area (TPSA) is 44.5 Å². The predicted octanol–water partition coefficient (Wildman–Crippen LogP) is 3.15. The highest BCUT2D eigenvalue weighted by Crippen LogP contribution is 2.28. The van der Waals surface area contributed by atoms with Crippen LogP contribution in [0.4, 0.5) is 13.2 Å². The maximum atomic E-state index is 12.2. The molecule has 2 atom stereocenters. The summed E-state index contributed by atoms with van der Waals surface area (Å²) in [6, 6.07) is 5.32. The number of halogens is 3. The van der Waals surface area contributed by atoms with Gasteiger partial charge in [0.2, 0.25) is 0 Å². The highest BCUT2D eigenvalue weighted by Gasteiger charge is 2.31. The fourth-order valence-corrected chi connectivity index (χ4v) is 2.18. The molecule has 0 saturated carbocycles. The number of benzene rings is 1. The average Bonchev–Trinajstić information content (AvgIpc) is 2.37. The fraction of sp³-hybridized carbons (Fsp3) is 0.538. The molecule has 1 fully saturated rings. The van der Waals surface area contributed by atoms with Gasteiger partial charge in [-0.15, -0.1) is 13.2 Å². The zero-order valence-electron chi connectivity index (χ0n) is 10.3. The van der Waals surface area contributed by atoms with E-state index >= 15 is 0 Å². The maximum Gasteiger partial charge on any atom is 0.573 e. The van der Waals surface area contributed by atoms with E-state index in [4.69, 9.17) is 10.5 Å². The number of nitrogens with two attached hydrogens (primary N) is 1. The van der Waals surface area contributed by atoms with Gasteiger partial charge in [-0.1, -0.05) is 12.1 Å². The zero-order chi connectivity index (χ0) is 13.9. The first kappa shape index (κ1) is 14.1. The summed E-state index contributed by atoms with van der Waals surface area (Å²) >= 11 is 0. The van der Waals surface area contributed by atoms with Gasteiger partial charge in [0.25, 0.3) is 0 Å². The Hall–Kier alpha value is -1.27. The second kappa shape index (κ2) is 5.79. The van der Waals surface area contributed by atoms with E-state index in [1.165, 1.54) is 18.2 Å². The Balaban J connectivity index is 2.09. The van der Waals surface area contributed by atoms with Crippen LogP contribution in [0.5, 0.6) is 5.75 Å². The molecule has 1 aromatic carbocycles.